The van der Waals surface area contributed by atoms with Crippen molar-refractivity contribution in [1.29, 1.82) is 0 Å². The molecule has 0 aliphatic carbocycles. The molecule has 6 rings (SSSR count). The highest BCUT2D eigenvalue weighted by Crippen LogP contribution is 2.37. The second kappa shape index (κ2) is 30.5. The minimum Gasteiger partial charge on any atom is -0.394 e. The van der Waals surface area contributed by atoms with Gasteiger partial charge in [-0.2, -0.15) is 0 Å². The molecule has 37 heteroatoms. The molecule has 0 aromatic carbocycles. The van der Waals surface area contributed by atoms with Crippen LogP contribution in [0, 0.1) is 12.3 Å². The summed E-state index contributed by atoms with van der Waals surface area (Å²) in [5, 5.41) is 246. The van der Waals surface area contributed by atoms with Crippen LogP contribution in [-0.4, -0.2) is 385 Å². The molecule has 0 radical (unpaired) electrons. The Bertz CT molecular complexity index is 1970. The van der Waals surface area contributed by atoms with Crippen LogP contribution in [0.25, 0.3) is 0 Å². The second-order valence-corrected chi connectivity index (χ2v) is 19.9. The van der Waals surface area contributed by atoms with Crippen LogP contribution in [0.2, 0.25) is 0 Å². The van der Waals surface area contributed by atoms with E-state index in [0.29, 0.717) is 0 Å². The largest absolute Gasteiger partial charge is 0.394 e. The van der Waals surface area contributed by atoms with Crippen LogP contribution >= 0.6 is 0 Å². The zero-order chi connectivity index (χ0) is 60.8. The van der Waals surface area contributed by atoms with Crippen LogP contribution in [0.1, 0.15) is 0 Å². The first-order valence-corrected chi connectivity index (χ1v) is 25.6. The third-order valence-electron chi connectivity index (χ3n) is 14.6. The normalized spacial score (nSPS) is 47.2. The van der Waals surface area contributed by atoms with Crippen LogP contribution in [-0.2, 0) is 61.6 Å². The van der Waals surface area contributed by atoms with Crippen LogP contribution in [0.5, 0.6) is 0 Å². The highest BCUT2D eigenvalue weighted by atomic mass is 16.8. The lowest BCUT2D eigenvalue weighted by Gasteiger charge is -2.50. The van der Waals surface area contributed by atoms with Crippen molar-refractivity contribution < 1.29 is 179 Å². The zero-order valence-corrected chi connectivity index (χ0v) is 43.0. The molecule has 6 saturated heterocycles. The molecule has 0 aromatic rings. The van der Waals surface area contributed by atoms with Crippen molar-refractivity contribution in [1.82, 2.24) is 5.32 Å². The van der Waals surface area contributed by atoms with Gasteiger partial charge in [0.2, 0.25) is 0 Å². The number of aliphatic hydroxyl groups excluding tert-OH is 23. The summed E-state index contributed by atoms with van der Waals surface area (Å²) in [5.41, 5.74) is 0. The molecule has 476 valence electrons. The Balaban J connectivity index is 1.06. The number of hydrogen-bond acceptors (Lipinski definition) is 36. The fourth-order valence-electron chi connectivity index (χ4n) is 9.85. The van der Waals surface area contributed by atoms with E-state index in [1.807, 2.05) is 5.92 Å². The molecule has 1 amide bonds. The Kier molecular flexibility index (Phi) is 25.6. The number of rotatable bonds is 24. The highest BCUT2D eigenvalue weighted by Gasteiger charge is 2.58. The van der Waals surface area contributed by atoms with Gasteiger partial charge in [-0.25, -0.2) is 0 Å². The molecule has 0 bridgehead atoms. The molecule has 82 heavy (non-hydrogen) atoms. The first-order valence-electron chi connectivity index (χ1n) is 25.6. The van der Waals surface area contributed by atoms with E-state index in [1.54, 1.807) is 0 Å². The number of aliphatic hydroxyl groups is 23. The Hall–Kier alpha value is -2.37. The third-order valence-corrected chi connectivity index (χ3v) is 14.6. The summed E-state index contributed by atoms with van der Waals surface area (Å²) in [6.45, 7) is -7.70. The Morgan fingerprint density at radius 3 is 0.951 bits per heavy atom. The van der Waals surface area contributed by atoms with Crippen molar-refractivity contribution in [3.63, 3.8) is 0 Å². The van der Waals surface area contributed by atoms with Gasteiger partial charge in [0.25, 0.3) is 5.91 Å². The molecule has 6 heterocycles. The van der Waals surface area contributed by atoms with Crippen LogP contribution < -0.4 is 5.32 Å². The number of nitrogens with one attached hydrogen (secondary N) is 1. The fraction of sp³-hybridized carbons (Fsp3) is 0.933. The van der Waals surface area contributed by atoms with Crippen LogP contribution in [0.3, 0.4) is 0 Å². The topological polar surface area (TPSA) is 605 Å². The third kappa shape index (κ3) is 14.8. The summed E-state index contributed by atoms with van der Waals surface area (Å²) in [6, 6.07) is 0. The number of terminal acetylenes is 1. The average Bonchev–Trinajstić information content (AvgIpc) is 3.62. The van der Waals surface area contributed by atoms with E-state index in [2.05, 4.69) is 5.32 Å². The summed E-state index contributed by atoms with van der Waals surface area (Å²) >= 11 is 0. The van der Waals surface area contributed by atoms with Crippen molar-refractivity contribution in [2.24, 2.45) is 0 Å². The van der Waals surface area contributed by atoms with Gasteiger partial charge in [0, 0.05) is 0 Å². The molecule has 6 aliphatic rings. The Morgan fingerprint density at radius 2 is 0.671 bits per heavy atom. The van der Waals surface area contributed by atoms with Crippen molar-refractivity contribution in [2.75, 3.05) is 52.8 Å². The SMILES string of the molecule is C#CCNC(=O)[C@H](O)[C@@H](O)[C@H](O[C@H]1O[C@H](CO)[C@@H](O[C@H]2O[C@H](CO)[C@@H](O[C@H]3O[C@H](CO)[C@@H](O[C@H]4O[C@H](CO)[C@@H](O[C@H]5O[C@H](CO)[C@@H](O[C@H]6O[C@H](CO)[C@@H](O)[C@H](O)[C@H]6O)[C@H](O)[C@H]5O)[C@H](O)[C@H]4O)[C@H](O)[C@H]3O)[C@H](O)[C@H]2O)[C@H](O)[C@H]1O)[C@H](O)CO. The van der Waals surface area contributed by atoms with Crippen molar-refractivity contribution in [2.45, 2.75) is 209 Å². The predicted molar refractivity (Wildman–Crippen MR) is 249 cm³/mol. The lowest BCUT2D eigenvalue weighted by Crippen LogP contribution is -2.68. The van der Waals surface area contributed by atoms with Crippen molar-refractivity contribution >= 4 is 5.91 Å². The van der Waals surface area contributed by atoms with E-state index < -0.39 is 267 Å². The van der Waals surface area contributed by atoms with Gasteiger partial charge >= 0.3 is 0 Å². The number of hydrogen-bond donors (Lipinski definition) is 24. The molecule has 0 saturated carbocycles. The van der Waals surface area contributed by atoms with E-state index in [1.165, 1.54) is 0 Å². The second-order valence-electron chi connectivity index (χ2n) is 19.9. The van der Waals surface area contributed by atoms with Crippen molar-refractivity contribution in [3.05, 3.63) is 0 Å². The first-order chi connectivity index (χ1) is 38.9. The smallest absolute Gasteiger partial charge is 0.252 e. The van der Waals surface area contributed by atoms with Gasteiger partial charge in [-0.3, -0.25) is 4.79 Å². The van der Waals surface area contributed by atoms with E-state index in [0.717, 1.165) is 0 Å². The standard InChI is InChI=1S/C45H75NO36/c1-2-3-46-39(70)26(63)20(57)33(11(54)4-47)77-41-28(65)21(58)35(13(6-49)72-41)79-43-30(67)23(60)37(15(8-51)74-43)81-45-32(69)25(62)38(17(10-53)76-45)82-44-31(68)24(61)36(16(9-52)75-44)80-42-29(66)22(59)34(14(7-50)73-42)78-40-27(64)19(56)18(55)12(5-48)71-40/h1,11-38,40-45,47-69H,3-10H2,(H,46,70)/t11-,12-,13-,14-,15-,16-,17-,18-,19+,20-,21-,22-,23-,24-,25-,26-,27-,28-,29-,30-,31-,32-,33-,34-,35-,36-,37-,38-,40-,41-,42-,43-,44-,45-/m1/s1. The minimum atomic E-state index is -2.35. The van der Waals surface area contributed by atoms with Crippen LogP contribution in [0.15, 0.2) is 0 Å². The maximum absolute atomic E-state index is 12.2. The molecule has 34 atom stereocenters. The summed E-state index contributed by atoms with van der Waals surface area (Å²) in [7, 11) is 0. The minimum absolute atomic E-state index is 0.391. The van der Waals surface area contributed by atoms with Gasteiger partial charge in [-0.1, -0.05) is 5.92 Å². The number of amides is 1. The predicted octanol–water partition coefficient (Wildman–Crippen LogP) is -16.9. The van der Waals surface area contributed by atoms with E-state index >= 15 is 0 Å². The number of carbonyl (C=O) groups excluding carboxylic acids is 1. The average molecular weight is 1210 g/mol. The first kappa shape index (κ1) is 68.7. The van der Waals surface area contributed by atoms with Crippen molar-refractivity contribution in [3.8, 4) is 12.3 Å². The summed E-state index contributed by atoms with van der Waals surface area (Å²) < 4.78 is 66.7. The van der Waals surface area contributed by atoms with Gasteiger partial charge in [0.15, 0.2) is 43.8 Å². The molecule has 6 aliphatic heterocycles. The number of carbonyl (C=O) groups is 1. The van der Waals surface area contributed by atoms with Gasteiger partial charge in [0.05, 0.1) is 52.8 Å². The van der Waals surface area contributed by atoms with Crippen LogP contribution in [0.4, 0.5) is 0 Å². The highest BCUT2D eigenvalue weighted by molar-refractivity contribution is 5.81. The molecular formula is C45H75NO36. The molecule has 0 unspecified atom stereocenters. The monoisotopic (exact) mass is 1210 g/mol. The quantitative estimate of drug-likeness (QED) is 0.0399. The van der Waals surface area contributed by atoms with Gasteiger partial charge < -0.3 is 180 Å². The Morgan fingerprint density at radius 1 is 0.402 bits per heavy atom. The summed E-state index contributed by atoms with van der Waals surface area (Å²) in [5.74, 6) is 0.804. The Labute approximate surface area is 463 Å². The van der Waals surface area contributed by atoms with Gasteiger partial charge in [-0.15, -0.1) is 6.42 Å². The van der Waals surface area contributed by atoms with Gasteiger partial charge in [-0.05, 0) is 0 Å². The fourth-order valence-corrected chi connectivity index (χ4v) is 9.85. The lowest BCUT2D eigenvalue weighted by atomic mass is 9.95. The molecular weight excluding hydrogens is 1130 g/mol. The molecule has 37 nitrogen and oxygen atoms in total. The summed E-state index contributed by atoms with van der Waals surface area (Å²) in [4.78, 5) is 12.2. The molecule has 0 aromatic heterocycles. The maximum Gasteiger partial charge on any atom is 0.252 e. The molecule has 6 fully saturated rings. The van der Waals surface area contributed by atoms with E-state index in [-0.39, 0.29) is 0 Å². The molecule has 24 N–H and O–H groups in total. The van der Waals surface area contributed by atoms with E-state index in [4.69, 9.17) is 63.3 Å². The van der Waals surface area contributed by atoms with Gasteiger partial charge in [0.1, 0.15) is 165 Å². The summed E-state index contributed by atoms with van der Waals surface area (Å²) in [6.07, 6.45) is -63.4. The molecule has 0 spiro atoms. The zero-order valence-electron chi connectivity index (χ0n) is 43.0. The van der Waals surface area contributed by atoms with E-state index in [9.17, 15) is 122 Å². The number of ether oxygens (including phenoxy) is 12. The maximum atomic E-state index is 12.2. The lowest BCUT2D eigenvalue weighted by molar-refractivity contribution is -0.397.